The molecule has 1 spiro atoms. The van der Waals surface area contributed by atoms with E-state index in [1.807, 2.05) is 18.2 Å². The van der Waals surface area contributed by atoms with Crippen LogP contribution in [0.5, 0.6) is 5.75 Å². The van der Waals surface area contributed by atoms with Gasteiger partial charge in [0.1, 0.15) is 11.4 Å². The molecule has 2 aliphatic rings. The predicted octanol–water partition coefficient (Wildman–Crippen LogP) is 6.93. The molecule has 208 valence electrons. The van der Waals surface area contributed by atoms with Crippen LogP contribution in [0.15, 0.2) is 55.0 Å². The molecule has 4 heterocycles. The average Bonchev–Trinajstić information content (AvgIpc) is 3.54. The molecule has 6 rings (SSSR count). The Morgan fingerprint density at radius 1 is 1.07 bits per heavy atom. The second kappa shape index (κ2) is 10.6. The van der Waals surface area contributed by atoms with E-state index < -0.39 is 0 Å². The Hall–Kier alpha value is -3.27. The van der Waals surface area contributed by atoms with Gasteiger partial charge in [0, 0.05) is 41.5 Å². The first-order chi connectivity index (χ1) is 19.3. The molecule has 2 aromatic heterocycles. The number of likely N-dealkylation sites (tertiary alicyclic amines) is 1. The lowest BCUT2D eigenvalue weighted by Crippen LogP contribution is -2.46. The normalized spacial score (nSPS) is 16.8. The molecule has 8 nitrogen and oxygen atoms in total. The number of hydrogen-bond acceptors (Lipinski definition) is 9. The van der Waals surface area contributed by atoms with Crippen molar-refractivity contribution in [3.63, 3.8) is 0 Å². The van der Waals surface area contributed by atoms with Gasteiger partial charge in [0.05, 0.1) is 30.4 Å². The molecule has 4 aromatic rings. The summed E-state index contributed by atoms with van der Waals surface area (Å²) in [6, 6.07) is 12.3. The van der Waals surface area contributed by atoms with Crippen LogP contribution in [0, 0.1) is 5.41 Å². The number of benzene rings is 2. The van der Waals surface area contributed by atoms with Crippen LogP contribution in [0.2, 0.25) is 5.02 Å². The second-order valence-electron chi connectivity index (χ2n) is 11.8. The second-order valence-corrected chi connectivity index (χ2v) is 13.2. The molecular formula is C30H34ClN7OS. The van der Waals surface area contributed by atoms with Crippen molar-refractivity contribution < 1.29 is 4.74 Å². The first kappa shape index (κ1) is 26.9. The molecule has 0 amide bonds. The van der Waals surface area contributed by atoms with Crippen LogP contribution in [0.3, 0.4) is 0 Å². The molecule has 1 N–H and O–H groups in total. The van der Waals surface area contributed by atoms with Crippen molar-refractivity contribution in [2.75, 3.05) is 43.5 Å². The van der Waals surface area contributed by atoms with Gasteiger partial charge in [0.25, 0.3) is 0 Å². The Morgan fingerprint density at radius 3 is 2.60 bits per heavy atom. The molecule has 10 heteroatoms. The zero-order valence-electron chi connectivity index (χ0n) is 23.3. The van der Waals surface area contributed by atoms with Crippen molar-refractivity contribution >= 4 is 45.1 Å². The maximum absolute atomic E-state index is 7.01. The highest BCUT2D eigenvalue weighted by atomic mass is 35.5. The zero-order chi connectivity index (χ0) is 27.9. The smallest absolute Gasteiger partial charge is 0.210 e. The van der Waals surface area contributed by atoms with Crippen molar-refractivity contribution in [1.29, 1.82) is 0 Å². The minimum absolute atomic E-state index is 0.0513. The van der Waals surface area contributed by atoms with Crippen LogP contribution in [-0.2, 0) is 5.41 Å². The number of nitrogens with zero attached hydrogens (tertiary/aromatic N) is 6. The van der Waals surface area contributed by atoms with Gasteiger partial charge in [-0.1, -0.05) is 55.8 Å². The van der Waals surface area contributed by atoms with E-state index in [1.54, 1.807) is 25.7 Å². The summed E-state index contributed by atoms with van der Waals surface area (Å²) in [5, 5.41) is 14.5. The standard InChI is InChI=1S/C30H34ClN7OS/c1-29(2,3)18-37-15-11-30(12-16-37)19-38(26-24(39-4)10-9-20(31)25(26)30)23-8-6-5-7-21(23)34-28-36-35-27(40-28)22-17-32-13-14-33-22/h5-10,13-14,17H,11-12,15-16,18-19H2,1-4H3,(H,34,36). The number of nitrogens with one attached hydrogen (secondary N) is 1. The van der Waals surface area contributed by atoms with Gasteiger partial charge < -0.3 is 19.9 Å². The summed E-state index contributed by atoms with van der Waals surface area (Å²) in [7, 11) is 1.73. The number of anilines is 4. The number of aromatic nitrogens is 4. The summed E-state index contributed by atoms with van der Waals surface area (Å²) >= 11 is 8.46. The Bertz CT molecular complexity index is 1500. The van der Waals surface area contributed by atoms with Crippen LogP contribution >= 0.6 is 22.9 Å². The van der Waals surface area contributed by atoms with Crippen LogP contribution in [0.1, 0.15) is 39.2 Å². The number of methoxy groups -OCH3 is 1. The fourth-order valence-electron chi connectivity index (χ4n) is 6.09. The Morgan fingerprint density at radius 2 is 1.88 bits per heavy atom. The molecule has 0 aliphatic carbocycles. The van der Waals surface area contributed by atoms with Gasteiger partial charge in [-0.3, -0.25) is 9.97 Å². The number of hydrogen-bond donors (Lipinski definition) is 1. The fraction of sp³-hybridized carbons (Fsp3) is 0.400. The van der Waals surface area contributed by atoms with E-state index in [1.165, 1.54) is 16.9 Å². The van der Waals surface area contributed by atoms with Crippen molar-refractivity contribution in [1.82, 2.24) is 25.1 Å². The minimum atomic E-state index is -0.0513. The third kappa shape index (κ3) is 5.13. The third-order valence-corrected chi connectivity index (χ3v) is 8.90. The number of rotatable bonds is 6. The summed E-state index contributed by atoms with van der Waals surface area (Å²) < 4.78 is 5.93. The highest BCUT2D eigenvalue weighted by molar-refractivity contribution is 7.18. The van der Waals surface area contributed by atoms with Crippen molar-refractivity contribution in [2.45, 2.75) is 39.0 Å². The first-order valence-corrected chi connectivity index (χ1v) is 14.8. The van der Waals surface area contributed by atoms with Gasteiger partial charge in [0.15, 0.2) is 5.01 Å². The lowest BCUT2D eigenvalue weighted by molar-refractivity contribution is 0.125. The maximum atomic E-state index is 7.01. The number of halogens is 1. The van der Waals surface area contributed by atoms with Crippen LogP contribution in [0.4, 0.5) is 22.2 Å². The lowest BCUT2D eigenvalue weighted by atomic mass is 9.74. The van der Waals surface area contributed by atoms with Crippen LogP contribution in [-0.4, -0.2) is 58.4 Å². The third-order valence-electron chi connectivity index (χ3n) is 7.73. The predicted molar refractivity (Wildman–Crippen MR) is 162 cm³/mol. The fourth-order valence-corrected chi connectivity index (χ4v) is 7.16. The Balaban J connectivity index is 1.35. The van der Waals surface area contributed by atoms with Gasteiger partial charge in [-0.05, 0) is 55.6 Å². The average molecular weight is 576 g/mol. The monoisotopic (exact) mass is 575 g/mol. The van der Waals surface area contributed by atoms with Crippen molar-refractivity contribution in [2.24, 2.45) is 5.41 Å². The van der Waals surface area contributed by atoms with E-state index in [0.717, 1.165) is 66.9 Å². The van der Waals surface area contributed by atoms with Crippen LogP contribution < -0.4 is 15.0 Å². The first-order valence-electron chi connectivity index (χ1n) is 13.6. The van der Waals surface area contributed by atoms with Gasteiger partial charge in [-0.2, -0.15) is 0 Å². The molecule has 1 fully saturated rings. The summed E-state index contributed by atoms with van der Waals surface area (Å²) in [4.78, 5) is 13.5. The van der Waals surface area contributed by atoms with E-state index in [4.69, 9.17) is 16.3 Å². The minimum Gasteiger partial charge on any atom is -0.495 e. The largest absolute Gasteiger partial charge is 0.495 e. The summed E-state index contributed by atoms with van der Waals surface area (Å²) in [5.41, 5.74) is 5.19. The van der Waals surface area contributed by atoms with E-state index in [0.29, 0.717) is 15.8 Å². The topological polar surface area (TPSA) is 79.3 Å². The van der Waals surface area contributed by atoms with Crippen molar-refractivity contribution in [3.05, 3.63) is 65.6 Å². The van der Waals surface area contributed by atoms with E-state index >= 15 is 0 Å². The number of ether oxygens (including phenoxy) is 1. The molecular weight excluding hydrogens is 542 g/mol. The Labute approximate surface area is 244 Å². The highest BCUT2D eigenvalue weighted by Gasteiger charge is 2.48. The van der Waals surface area contributed by atoms with Gasteiger partial charge >= 0.3 is 0 Å². The molecule has 1 saturated heterocycles. The highest BCUT2D eigenvalue weighted by Crippen LogP contribution is 2.56. The molecule has 0 atom stereocenters. The molecule has 2 aliphatic heterocycles. The molecule has 2 aromatic carbocycles. The lowest BCUT2D eigenvalue weighted by Gasteiger charge is -2.42. The quantitative estimate of drug-likeness (QED) is 0.265. The van der Waals surface area contributed by atoms with Crippen LogP contribution in [0.25, 0.3) is 10.7 Å². The van der Waals surface area contributed by atoms with Crippen molar-refractivity contribution in [3.8, 4) is 16.5 Å². The molecule has 40 heavy (non-hydrogen) atoms. The molecule has 0 unspecified atom stereocenters. The maximum Gasteiger partial charge on any atom is 0.210 e. The summed E-state index contributed by atoms with van der Waals surface area (Å²) in [6.07, 6.45) is 7.10. The summed E-state index contributed by atoms with van der Waals surface area (Å²) in [5.74, 6) is 0.837. The molecule has 0 saturated carbocycles. The van der Waals surface area contributed by atoms with Gasteiger partial charge in [-0.15, -0.1) is 10.2 Å². The zero-order valence-corrected chi connectivity index (χ0v) is 24.9. The molecule has 0 bridgehead atoms. The van der Waals surface area contributed by atoms with E-state index in [9.17, 15) is 0 Å². The van der Waals surface area contributed by atoms with E-state index in [2.05, 4.69) is 74.3 Å². The molecule has 0 radical (unpaired) electrons. The van der Waals surface area contributed by atoms with E-state index in [-0.39, 0.29) is 10.8 Å². The number of para-hydroxylation sites is 2. The van der Waals surface area contributed by atoms with Gasteiger partial charge in [0.2, 0.25) is 5.13 Å². The number of piperidine rings is 1. The van der Waals surface area contributed by atoms with Gasteiger partial charge in [-0.25, -0.2) is 0 Å². The SMILES string of the molecule is COc1ccc(Cl)c2c1N(c1ccccc1Nc1nnc(-c3cnccn3)s1)CC21CCN(CC(C)(C)C)CC1. The summed E-state index contributed by atoms with van der Waals surface area (Å²) in [6.45, 7) is 11.0. The Kier molecular flexibility index (Phi) is 7.14. The number of fused-ring (bicyclic) bond motifs is 2.